The highest BCUT2D eigenvalue weighted by Crippen LogP contribution is 2.23. The van der Waals surface area contributed by atoms with Crippen LogP contribution in [0, 0.1) is 5.92 Å². The second-order valence-corrected chi connectivity index (χ2v) is 6.27. The molecule has 1 aromatic carbocycles. The van der Waals surface area contributed by atoms with Crippen molar-refractivity contribution in [3.63, 3.8) is 0 Å². The average molecular weight is 317 g/mol. The molecule has 1 aliphatic rings. The topological polar surface area (TPSA) is 75.4 Å². The zero-order chi connectivity index (χ0) is 16.5. The fourth-order valence-electron chi connectivity index (χ4n) is 3.12. The number of piperidine rings is 1. The quantitative estimate of drug-likeness (QED) is 0.757. The van der Waals surface area contributed by atoms with Crippen molar-refractivity contribution in [3.05, 3.63) is 35.9 Å². The molecular weight excluding hydrogens is 290 g/mol. The summed E-state index contributed by atoms with van der Waals surface area (Å²) in [5.41, 5.74) is 6.11. The number of carbonyl (C=O) groups is 2. The summed E-state index contributed by atoms with van der Waals surface area (Å²) in [6.07, 6.45) is 5.91. The molecule has 0 atom stereocenters. The Hall–Kier alpha value is -2.04. The number of hydrogen-bond acceptors (Lipinski definition) is 2. The molecule has 0 aliphatic carbocycles. The number of rotatable bonds is 7. The third-order valence-corrected chi connectivity index (χ3v) is 4.50. The maximum atomic E-state index is 12.3. The fraction of sp³-hybridized carbons (Fsp3) is 0.556. The summed E-state index contributed by atoms with van der Waals surface area (Å²) in [6, 6.07) is 9.48. The number of hydrogen-bond donors (Lipinski definition) is 2. The van der Waals surface area contributed by atoms with Crippen LogP contribution in [0.4, 0.5) is 4.79 Å². The van der Waals surface area contributed by atoms with Crippen molar-refractivity contribution in [1.29, 1.82) is 0 Å². The molecule has 0 saturated carbocycles. The van der Waals surface area contributed by atoms with Gasteiger partial charge in [0.2, 0.25) is 5.91 Å². The van der Waals surface area contributed by atoms with Gasteiger partial charge in [0.15, 0.2) is 0 Å². The highest BCUT2D eigenvalue weighted by molar-refractivity contribution is 5.78. The molecule has 126 valence electrons. The number of nitrogens with zero attached hydrogens (tertiary/aromatic N) is 1. The molecule has 5 heteroatoms. The molecular formula is C18H27N3O2. The fourth-order valence-corrected chi connectivity index (χ4v) is 3.12. The Kier molecular flexibility index (Phi) is 6.91. The largest absolute Gasteiger partial charge is 0.352 e. The smallest absolute Gasteiger partial charge is 0.312 e. The number of primary amides is 1. The zero-order valence-corrected chi connectivity index (χ0v) is 13.7. The number of amides is 3. The van der Waals surface area contributed by atoms with Crippen molar-refractivity contribution in [2.24, 2.45) is 11.7 Å². The Balaban J connectivity index is 1.61. The molecule has 0 radical (unpaired) electrons. The third kappa shape index (κ3) is 6.30. The summed E-state index contributed by atoms with van der Waals surface area (Å²) in [5.74, 6) is 0.935. The van der Waals surface area contributed by atoms with Crippen molar-refractivity contribution in [2.75, 3.05) is 19.6 Å². The van der Waals surface area contributed by atoms with Gasteiger partial charge in [0.25, 0.3) is 0 Å². The minimum absolute atomic E-state index is 0.236. The predicted octanol–water partition coefficient (Wildman–Crippen LogP) is 2.31. The molecule has 0 spiro atoms. The SMILES string of the molecule is NC(=O)NCCCCC1CCN(C(=O)Cc2ccccc2)CC1. The lowest BCUT2D eigenvalue weighted by Gasteiger charge is -2.32. The molecule has 1 fully saturated rings. The lowest BCUT2D eigenvalue weighted by atomic mass is 9.91. The van der Waals surface area contributed by atoms with E-state index in [0.717, 1.165) is 44.3 Å². The van der Waals surface area contributed by atoms with Crippen molar-refractivity contribution in [3.8, 4) is 0 Å². The number of likely N-dealkylation sites (tertiary alicyclic amines) is 1. The van der Waals surface area contributed by atoms with E-state index >= 15 is 0 Å². The van der Waals surface area contributed by atoms with Crippen LogP contribution in [-0.2, 0) is 11.2 Å². The van der Waals surface area contributed by atoms with Gasteiger partial charge in [-0.25, -0.2) is 4.79 Å². The molecule has 1 aliphatic heterocycles. The lowest BCUT2D eigenvalue weighted by molar-refractivity contribution is -0.131. The second kappa shape index (κ2) is 9.18. The number of urea groups is 1. The van der Waals surface area contributed by atoms with E-state index in [-0.39, 0.29) is 5.91 Å². The molecule has 1 aromatic rings. The maximum absolute atomic E-state index is 12.3. The molecule has 5 nitrogen and oxygen atoms in total. The first-order chi connectivity index (χ1) is 11.1. The van der Waals surface area contributed by atoms with Gasteiger partial charge in [-0.2, -0.15) is 0 Å². The Labute approximate surface area is 138 Å². The van der Waals surface area contributed by atoms with Crippen LogP contribution in [0.25, 0.3) is 0 Å². The van der Waals surface area contributed by atoms with Crippen molar-refractivity contribution < 1.29 is 9.59 Å². The van der Waals surface area contributed by atoms with E-state index in [0.29, 0.717) is 18.9 Å². The van der Waals surface area contributed by atoms with E-state index in [4.69, 9.17) is 5.73 Å². The van der Waals surface area contributed by atoms with Crippen molar-refractivity contribution in [1.82, 2.24) is 10.2 Å². The molecule has 23 heavy (non-hydrogen) atoms. The molecule has 3 N–H and O–H groups in total. The van der Waals surface area contributed by atoms with Gasteiger partial charge in [-0.05, 0) is 30.7 Å². The maximum Gasteiger partial charge on any atom is 0.312 e. The summed E-state index contributed by atoms with van der Waals surface area (Å²) in [4.78, 5) is 24.9. The normalized spacial score (nSPS) is 15.4. The summed E-state index contributed by atoms with van der Waals surface area (Å²) in [6.45, 7) is 2.40. The average Bonchev–Trinajstić information content (AvgIpc) is 2.56. The van der Waals surface area contributed by atoms with E-state index in [2.05, 4.69) is 5.32 Å². The highest BCUT2D eigenvalue weighted by Gasteiger charge is 2.22. The minimum atomic E-state index is -0.449. The van der Waals surface area contributed by atoms with Gasteiger partial charge in [0.05, 0.1) is 6.42 Å². The third-order valence-electron chi connectivity index (χ3n) is 4.50. The van der Waals surface area contributed by atoms with Crippen molar-refractivity contribution >= 4 is 11.9 Å². The minimum Gasteiger partial charge on any atom is -0.352 e. The van der Waals surface area contributed by atoms with E-state index < -0.39 is 6.03 Å². The number of nitrogens with two attached hydrogens (primary N) is 1. The Morgan fingerprint density at radius 1 is 1.13 bits per heavy atom. The molecule has 0 aromatic heterocycles. The van der Waals surface area contributed by atoms with Crippen LogP contribution in [-0.4, -0.2) is 36.5 Å². The van der Waals surface area contributed by atoms with Gasteiger partial charge in [-0.3, -0.25) is 4.79 Å². The van der Waals surface area contributed by atoms with Gasteiger partial charge >= 0.3 is 6.03 Å². The highest BCUT2D eigenvalue weighted by atomic mass is 16.2. The number of nitrogens with one attached hydrogen (secondary N) is 1. The lowest BCUT2D eigenvalue weighted by Crippen LogP contribution is -2.39. The van der Waals surface area contributed by atoms with Crippen LogP contribution in [0.5, 0.6) is 0 Å². The van der Waals surface area contributed by atoms with Crippen molar-refractivity contribution in [2.45, 2.75) is 38.5 Å². The molecule has 0 bridgehead atoms. The van der Waals surface area contributed by atoms with Gasteiger partial charge in [0.1, 0.15) is 0 Å². The van der Waals surface area contributed by atoms with Crippen LogP contribution >= 0.6 is 0 Å². The van der Waals surface area contributed by atoms with Crippen LogP contribution in [0.15, 0.2) is 30.3 Å². The van der Waals surface area contributed by atoms with Gasteiger partial charge in [0, 0.05) is 19.6 Å². The molecule has 1 saturated heterocycles. The first kappa shape index (κ1) is 17.3. The number of benzene rings is 1. The summed E-state index contributed by atoms with van der Waals surface area (Å²) < 4.78 is 0. The van der Waals surface area contributed by atoms with Crippen LogP contribution in [0.3, 0.4) is 0 Å². The zero-order valence-electron chi connectivity index (χ0n) is 13.7. The Morgan fingerprint density at radius 3 is 2.48 bits per heavy atom. The molecule has 3 amide bonds. The van der Waals surface area contributed by atoms with E-state index in [1.165, 1.54) is 6.42 Å². The van der Waals surface area contributed by atoms with Gasteiger partial charge < -0.3 is 16.0 Å². The van der Waals surface area contributed by atoms with E-state index in [1.807, 2.05) is 35.2 Å². The Bertz CT molecular complexity index is 496. The summed E-state index contributed by atoms with van der Waals surface area (Å²) in [7, 11) is 0. The Morgan fingerprint density at radius 2 is 1.83 bits per heavy atom. The standard InChI is InChI=1S/C18H27N3O2/c19-18(23)20-11-5-4-6-15-9-12-21(13-10-15)17(22)14-16-7-2-1-3-8-16/h1-3,7-8,15H,4-6,9-14H2,(H3,19,20,23). The monoisotopic (exact) mass is 317 g/mol. The molecule has 0 unspecified atom stereocenters. The van der Waals surface area contributed by atoms with Gasteiger partial charge in [-0.15, -0.1) is 0 Å². The number of unbranched alkanes of at least 4 members (excludes halogenated alkanes) is 1. The van der Waals surface area contributed by atoms with E-state index in [1.54, 1.807) is 0 Å². The predicted molar refractivity (Wildman–Crippen MR) is 90.9 cm³/mol. The van der Waals surface area contributed by atoms with Crippen LogP contribution < -0.4 is 11.1 Å². The van der Waals surface area contributed by atoms with Crippen LogP contribution in [0.2, 0.25) is 0 Å². The molecule has 2 rings (SSSR count). The van der Waals surface area contributed by atoms with Crippen LogP contribution in [0.1, 0.15) is 37.7 Å². The first-order valence-electron chi connectivity index (χ1n) is 8.50. The summed E-state index contributed by atoms with van der Waals surface area (Å²) >= 11 is 0. The first-order valence-corrected chi connectivity index (χ1v) is 8.50. The molecule has 1 heterocycles. The number of carbonyl (C=O) groups excluding carboxylic acids is 2. The summed E-state index contributed by atoms with van der Waals surface area (Å²) in [5, 5.41) is 2.61. The van der Waals surface area contributed by atoms with Gasteiger partial charge in [-0.1, -0.05) is 43.2 Å². The second-order valence-electron chi connectivity index (χ2n) is 6.27. The van der Waals surface area contributed by atoms with E-state index in [9.17, 15) is 9.59 Å².